The molecule has 10 heteroatoms. The highest BCUT2D eigenvalue weighted by molar-refractivity contribution is 7.05. The van der Waals surface area contributed by atoms with Crippen LogP contribution in [0.5, 0.6) is 5.75 Å². The van der Waals surface area contributed by atoms with E-state index in [0.29, 0.717) is 12.2 Å². The number of hydrogen-bond donors (Lipinski definition) is 2. The van der Waals surface area contributed by atoms with E-state index < -0.39 is 6.36 Å². The van der Waals surface area contributed by atoms with Crippen LogP contribution >= 0.6 is 11.5 Å². The lowest BCUT2D eigenvalue weighted by Crippen LogP contribution is -2.23. The average molecular weight is 331 g/mol. The molecule has 0 atom stereocenters. The number of ether oxygens (including phenoxy) is 1. The monoisotopic (exact) mass is 331 g/mol. The second-order valence-corrected chi connectivity index (χ2v) is 5.02. The Morgan fingerprint density at radius 2 is 2.23 bits per heavy atom. The quantitative estimate of drug-likeness (QED) is 0.664. The Kier molecular flexibility index (Phi) is 4.81. The smallest absolute Gasteiger partial charge is 0.406 e. The number of rotatable bonds is 4. The summed E-state index contributed by atoms with van der Waals surface area (Å²) >= 11 is 1.21. The number of halogens is 3. The minimum atomic E-state index is -4.74. The van der Waals surface area contributed by atoms with E-state index in [1.165, 1.54) is 29.7 Å². The highest BCUT2D eigenvalue weighted by Crippen LogP contribution is 2.24. The normalized spacial score (nSPS) is 12.3. The van der Waals surface area contributed by atoms with Crippen LogP contribution in [0.2, 0.25) is 0 Å². The standard InChI is InChI=1S/C12H12F3N5OS/c1-7-10(22-20-19-7)6-17-11(16)18-8-3-2-4-9(5-8)21-12(13,14)15/h2-5H,6H2,1H3,(H3,16,17,18). The topological polar surface area (TPSA) is 85.4 Å². The molecule has 1 aromatic carbocycles. The van der Waals surface area contributed by atoms with E-state index in [1.807, 2.05) is 0 Å². The molecule has 6 nitrogen and oxygen atoms in total. The van der Waals surface area contributed by atoms with Gasteiger partial charge in [0.1, 0.15) is 5.75 Å². The molecule has 0 saturated carbocycles. The fourth-order valence-electron chi connectivity index (χ4n) is 1.51. The summed E-state index contributed by atoms with van der Waals surface area (Å²) in [5, 5.41) is 6.53. The minimum Gasteiger partial charge on any atom is -0.406 e. The number of aliphatic imine (C=N–C) groups is 1. The van der Waals surface area contributed by atoms with Crippen LogP contribution in [0.4, 0.5) is 18.9 Å². The number of nitrogens with one attached hydrogen (secondary N) is 1. The molecule has 0 bridgehead atoms. The van der Waals surface area contributed by atoms with Crippen LogP contribution in [0.25, 0.3) is 0 Å². The molecule has 22 heavy (non-hydrogen) atoms. The van der Waals surface area contributed by atoms with Crippen LogP contribution in [0.3, 0.4) is 0 Å². The number of nitrogens with two attached hydrogens (primary N) is 1. The summed E-state index contributed by atoms with van der Waals surface area (Å²) in [5.74, 6) is -0.273. The number of nitrogens with zero attached hydrogens (tertiary/aromatic N) is 3. The molecule has 0 aliphatic rings. The fraction of sp³-hybridized carbons (Fsp3) is 0.250. The van der Waals surface area contributed by atoms with Gasteiger partial charge in [-0.25, -0.2) is 4.99 Å². The van der Waals surface area contributed by atoms with Crippen LogP contribution in [0.1, 0.15) is 10.6 Å². The van der Waals surface area contributed by atoms with Gasteiger partial charge in [0.25, 0.3) is 0 Å². The number of aryl methyl sites for hydroxylation is 1. The van der Waals surface area contributed by atoms with Crippen molar-refractivity contribution in [3.63, 3.8) is 0 Å². The Bertz CT molecular complexity index is 671. The summed E-state index contributed by atoms with van der Waals surface area (Å²) in [6, 6.07) is 5.33. The first kappa shape index (κ1) is 16.0. The lowest BCUT2D eigenvalue weighted by molar-refractivity contribution is -0.274. The molecule has 2 rings (SSSR count). The van der Waals surface area contributed by atoms with Gasteiger partial charge in [0.15, 0.2) is 5.96 Å². The van der Waals surface area contributed by atoms with Crippen LogP contribution in [0, 0.1) is 6.92 Å². The van der Waals surface area contributed by atoms with Crippen molar-refractivity contribution in [2.45, 2.75) is 19.8 Å². The Morgan fingerprint density at radius 1 is 1.45 bits per heavy atom. The number of alkyl halides is 3. The van der Waals surface area contributed by atoms with Gasteiger partial charge in [-0.15, -0.1) is 18.3 Å². The van der Waals surface area contributed by atoms with Gasteiger partial charge in [-0.3, -0.25) is 0 Å². The summed E-state index contributed by atoms with van der Waals surface area (Å²) < 4.78 is 44.0. The van der Waals surface area contributed by atoms with Gasteiger partial charge in [0.05, 0.1) is 17.1 Å². The lowest BCUT2D eigenvalue weighted by atomic mass is 10.3. The minimum absolute atomic E-state index is 0.0666. The summed E-state index contributed by atoms with van der Waals surface area (Å²) in [6.07, 6.45) is -4.74. The van der Waals surface area contributed by atoms with Gasteiger partial charge >= 0.3 is 6.36 Å². The summed E-state index contributed by atoms with van der Waals surface area (Å²) in [7, 11) is 0. The number of benzene rings is 1. The largest absolute Gasteiger partial charge is 0.573 e. The molecular weight excluding hydrogens is 319 g/mol. The van der Waals surface area contributed by atoms with Gasteiger partial charge in [-0.2, -0.15) is 0 Å². The van der Waals surface area contributed by atoms with Crippen molar-refractivity contribution >= 4 is 23.2 Å². The van der Waals surface area contributed by atoms with Gasteiger partial charge in [-0.1, -0.05) is 10.6 Å². The first-order chi connectivity index (χ1) is 10.3. The molecule has 0 unspecified atom stereocenters. The predicted molar refractivity (Wildman–Crippen MR) is 76.7 cm³/mol. The zero-order valence-electron chi connectivity index (χ0n) is 11.4. The number of hydrogen-bond acceptors (Lipinski definition) is 5. The van der Waals surface area contributed by atoms with Crippen molar-refractivity contribution < 1.29 is 17.9 Å². The van der Waals surface area contributed by atoms with E-state index in [9.17, 15) is 13.2 Å². The summed E-state index contributed by atoms with van der Waals surface area (Å²) in [6.45, 7) is 2.09. The van der Waals surface area contributed by atoms with E-state index in [2.05, 4.69) is 24.6 Å². The molecule has 2 aromatic rings. The molecular formula is C12H12F3N5OS. The predicted octanol–water partition coefficient (Wildman–Crippen LogP) is 2.67. The Morgan fingerprint density at radius 3 is 2.86 bits per heavy atom. The second-order valence-electron chi connectivity index (χ2n) is 4.18. The molecule has 0 saturated heterocycles. The molecule has 0 fully saturated rings. The van der Waals surface area contributed by atoms with E-state index in [4.69, 9.17) is 5.73 Å². The van der Waals surface area contributed by atoms with Crippen molar-refractivity contribution in [3.8, 4) is 5.75 Å². The maximum atomic E-state index is 12.1. The van der Waals surface area contributed by atoms with Crippen molar-refractivity contribution in [1.29, 1.82) is 0 Å². The van der Waals surface area contributed by atoms with E-state index in [0.717, 1.165) is 10.6 Å². The van der Waals surface area contributed by atoms with E-state index >= 15 is 0 Å². The van der Waals surface area contributed by atoms with Crippen LogP contribution in [0.15, 0.2) is 29.3 Å². The molecule has 0 radical (unpaired) electrons. The lowest BCUT2D eigenvalue weighted by Gasteiger charge is -2.10. The number of guanidine groups is 1. The van der Waals surface area contributed by atoms with Crippen LogP contribution in [-0.2, 0) is 6.54 Å². The molecule has 0 amide bonds. The third-order valence-electron chi connectivity index (χ3n) is 2.48. The van der Waals surface area contributed by atoms with Crippen molar-refractivity contribution in [3.05, 3.63) is 34.8 Å². The van der Waals surface area contributed by atoms with Crippen molar-refractivity contribution in [1.82, 2.24) is 9.59 Å². The molecule has 1 heterocycles. The molecule has 3 N–H and O–H groups in total. The summed E-state index contributed by atoms with van der Waals surface area (Å²) in [4.78, 5) is 4.94. The van der Waals surface area contributed by atoms with Crippen molar-refractivity contribution in [2.75, 3.05) is 5.32 Å². The summed E-state index contributed by atoms with van der Waals surface area (Å²) in [5.41, 5.74) is 6.79. The van der Waals surface area contributed by atoms with Gasteiger partial charge in [0.2, 0.25) is 0 Å². The average Bonchev–Trinajstić information content (AvgIpc) is 2.80. The van der Waals surface area contributed by atoms with Crippen LogP contribution in [-0.4, -0.2) is 21.9 Å². The maximum absolute atomic E-state index is 12.1. The van der Waals surface area contributed by atoms with E-state index in [1.54, 1.807) is 13.0 Å². The van der Waals surface area contributed by atoms with Crippen LogP contribution < -0.4 is 15.8 Å². The highest BCUT2D eigenvalue weighted by Gasteiger charge is 2.31. The molecule has 0 aliphatic heterocycles. The zero-order valence-corrected chi connectivity index (χ0v) is 12.2. The van der Waals surface area contributed by atoms with Gasteiger partial charge in [-0.05, 0) is 30.6 Å². The molecule has 118 valence electrons. The zero-order chi connectivity index (χ0) is 16.2. The fourth-order valence-corrected chi connectivity index (χ4v) is 2.07. The molecule has 0 spiro atoms. The van der Waals surface area contributed by atoms with Gasteiger partial charge in [0, 0.05) is 11.8 Å². The second kappa shape index (κ2) is 6.60. The highest BCUT2D eigenvalue weighted by atomic mass is 32.1. The Balaban J connectivity index is 2.00. The number of aromatic nitrogens is 2. The van der Waals surface area contributed by atoms with Gasteiger partial charge < -0.3 is 15.8 Å². The maximum Gasteiger partial charge on any atom is 0.573 e. The molecule has 0 aliphatic carbocycles. The Labute approximate surface area is 128 Å². The van der Waals surface area contributed by atoms with E-state index in [-0.39, 0.29) is 11.7 Å². The Hall–Kier alpha value is -2.36. The SMILES string of the molecule is Cc1nnsc1CN=C(N)Nc1cccc(OC(F)(F)F)c1. The first-order valence-corrected chi connectivity index (χ1v) is 6.81. The first-order valence-electron chi connectivity index (χ1n) is 6.04. The third kappa shape index (κ3) is 4.88. The third-order valence-corrected chi connectivity index (χ3v) is 3.29. The molecule has 1 aromatic heterocycles. The number of anilines is 1. The van der Waals surface area contributed by atoms with Crippen molar-refractivity contribution in [2.24, 2.45) is 10.7 Å².